The van der Waals surface area contributed by atoms with Crippen molar-refractivity contribution in [1.82, 2.24) is 0 Å². The van der Waals surface area contributed by atoms with E-state index in [-0.39, 0.29) is 63.6 Å². The molecular weight excluding hydrogens is 260 g/mol. The van der Waals surface area contributed by atoms with Gasteiger partial charge in [-0.1, -0.05) is 0 Å². The molecule has 0 rings (SSSR count). The van der Waals surface area contributed by atoms with Gasteiger partial charge >= 0.3 is 19.8 Å². The Labute approximate surface area is 84.8 Å². The van der Waals surface area contributed by atoms with Crippen LogP contribution in [0, 0.1) is 15.3 Å². The van der Waals surface area contributed by atoms with Crippen molar-refractivity contribution in [2.24, 2.45) is 0 Å². The summed E-state index contributed by atoms with van der Waals surface area (Å²) in [6, 6.07) is 0. The van der Waals surface area contributed by atoms with Crippen LogP contribution in [0.1, 0.15) is 0 Å². The van der Waals surface area contributed by atoms with E-state index in [0.29, 0.717) is 0 Å². The molecule has 0 radical (unpaired) electrons. The fourth-order valence-corrected chi connectivity index (χ4v) is 0. The van der Waals surface area contributed by atoms with E-state index in [0.717, 1.165) is 0 Å². The fourth-order valence-electron chi connectivity index (χ4n) is 0. The predicted molar refractivity (Wildman–Crippen MR) is 45.0 cm³/mol. The smallest absolute Gasteiger partial charge is 0.412 e. The van der Waals surface area contributed by atoms with E-state index in [9.17, 15) is 0 Å². The van der Waals surface area contributed by atoms with Crippen LogP contribution >= 0.6 is 0 Å². The second-order valence-electron chi connectivity index (χ2n) is 0.224. The van der Waals surface area contributed by atoms with Gasteiger partial charge in [-0.2, -0.15) is 0 Å². The monoisotopic (exact) mass is 275 g/mol. The van der Waals surface area contributed by atoms with Crippen molar-refractivity contribution in [3.8, 4) is 0 Å². The second kappa shape index (κ2) is 201. The molecule has 88 valence electrons. The van der Waals surface area contributed by atoms with Crippen molar-refractivity contribution < 1.29 is 48.9 Å². The normalized spacial score (nSPS) is 1.85. The summed E-state index contributed by atoms with van der Waals surface area (Å²) in [6.07, 6.45) is 0. The molecule has 13 heavy (non-hydrogen) atoms. The van der Waals surface area contributed by atoms with Crippen molar-refractivity contribution in [2.75, 3.05) is 0 Å². The van der Waals surface area contributed by atoms with Crippen LogP contribution in [0.5, 0.6) is 0 Å². The molecule has 0 heterocycles. The van der Waals surface area contributed by atoms with Crippen LogP contribution in [0.3, 0.4) is 0 Å². The Hall–Kier alpha value is -0.484. The van der Waals surface area contributed by atoms with Gasteiger partial charge in [0.2, 0.25) is 0 Å². The van der Waals surface area contributed by atoms with Gasteiger partial charge in [0.25, 0.3) is 0 Å². The molecule has 0 amide bonds. The Bertz CT molecular complexity index is 33.1. The van der Waals surface area contributed by atoms with Crippen molar-refractivity contribution >= 4 is 19.8 Å². The molecule has 0 saturated carbocycles. The van der Waals surface area contributed by atoms with Crippen molar-refractivity contribution in [2.45, 2.75) is 0 Å². The van der Waals surface area contributed by atoms with Crippen LogP contribution < -0.4 is 0 Å². The van der Waals surface area contributed by atoms with Gasteiger partial charge in [0.05, 0.1) is 5.09 Å². The van der Waals surface area contributed by atoms with Gasteiger partial charge in [0.1, 0.15) is 0 Å². The topological polar surface area (TPSA) is 318 Å². The van der Waals surface area contributed by atoms with Crippen LogP contribution in [0.4, 0.5) is 0 Å². The predicted octanol–water partition coefficient (Wildman–Crippen LogP) is -7.22. The van der Waals surface area contributed by atoms with E-state index >= 15 is 0 Å². The minimum absolute atomic E-state index is 0. The summed E-state index contributed by atoms with van der Waals surface area (Å²) >= 11 is 0. The second-order valence-corrected chi connectivity index (χ2v) is 0.224. The maximum Gasteiger partial charge on any atom is 3.00 e. The first-order chi connectivity index (χ1) is 1.73. The Balaban J connectivity index is -0.00000000125. The van der Waals surface area contributed by atoms with Gasteiger partial charge in [-0.15, -0.1) is 0 Å². The third-order valence-corrected chi connectivity index (χ3v) is 0. The number of rotatable bonds is 0. The van der Waals surface area contributed by atoms with Crippen molar-refractivity contribution in [3.63, 3.8) is 0 Å². The molecule has 0 aromatic rings. The van der Waals surface area contributed by atoms with Crippen LogP contribution in [0.2, 0.25) is 0 Å². The maximum absolute atomic E-state index is 8.25. The molecule has 0 fully saturated rings. The summed E-state index contributed by atoms with van der Waals surface area (Å²) < 4.78 is 0. The van der Waals surface area contributed by atoms with E-state index in [1.807, 2.05) is 0 Å². The van der Waals surface area contributed by atoms with Gasteiger partial charge < -0.3 is 59.1 Å². The summed E-state index contributed by atoms with van der Waals surface area (Å²) in [5.41, 5.74) is 0. The van der Waals surface area contributed by atoms with E-state index in [1.54, 1.807) is 0 Å². The largest absolute Gasteiger partial charge is 3.00 e. The number of hydrogen-bond donors (Lipinski definition) is 0. The number of nitrogens with zero attached hydrogens (tertiary/aromatic N) is 1. The van der Waals surface area contributed by atoms with Crippen LogP contribution in [-0.4, -0.2) is 68.7 Å². The minimum Gasteiger partial charge on any atom is -0.412 e. The zero-order chi connectivity index (χ0) is 3.58. The summed E-state index contributed by atoms with van der Waals surface area (Å²) in [6.45, 7) is 0. The molecular formula is H16GaNO11+2. The average molecular weight is 276 g/mol. The fraction of sp³-hybridized carbons (Fsp3) is 0. The van der Waals surface area contributed by atoms with Gasteiger partial charge in [0.15, 0.2) is 0 Å². The first-order valence-electron chi connectivity index (χ1n) is 0.548. The number of hydrogen-bond acceptors (Lipinski definition) is 3. The van der Waals surface area contributed by atoms with Crippen molar-refractivity contribution in [1.29, 1.82) is 0 Å². The average Bonchev–Trinajstić information content (AvgIpc) is 0.811. The molecule has 0 aromatic carbocycles. The third-order valence-electron chi connectivity index (χ3n) is 0. The van der Waals surface area contributed by atoms with Crippen LogP contribution in [0.15, 0.2) is 0 Å². The summed E-state index contributed by atoms with van der Waals surface area (Å²) in [5, 5.41) is 14.8. The summed E-state index contributed by atoms with van der Waals surface area (Å²) in [5.74, 6) is 0. The molecule has 0 aliphatic rings. The first kappa shape index (κ1) is 262. The third kappa shape index (κ3) is 4460. The van der Waals surface area contributed by atoms with Gasteiger partial charge in [-0.05, 0) is 0 Å². The zero-order valence-electron chi connectivity index (χ0n) is 6.25. The first-order valence-corrected chi connectivity index (χ1v) is 0.548. The van der Waals surface area contributed by atoms with Crippen LogP contribution in [-0.2, 0) is 0 Å². The Kier molecular flexibility index (Phi) is 4060. The SMILES string of the molecule is O.O.O.O.O.O.O.O.O=[N+]([O-])[O-].[Ga+3]. The molecule has 16 N–H and O–H groups in total. The molecule has 0 aromatic heterocycles. The van der Waals surface area contributed by atoms with Crippen LogP contribution in [0.25, 0.3) is 0 Å². The standard InChI is InChI=1S/Ga.NO3.8H2O/c;2-1(3)4;;;;;;;;/h;;8*1H2/q+3;-1;;;;;;;;. The Morgan fingerprint density at radius 3 is 0.615 bits per heavy atom. The Morgan fingerprint density at radius 1 is 0.615 bits per heavy atom. The molecule has 0 aliphatic heterocycles. The molecule has 0 bridgehead atoms. The van der Waals surface area contributed by atoms with Crippen molar-refractivity contribution in [3.05, 3.63) is 15.3 Å². The minimum atomic E-state index is -1.75. The van der Waals surface area contributed by atoms with E-state index in [4.69, 9.17) is 15.3 Å². The van der Waals surface area contributed by atoms with E-state index in [2.05, 4.69) is 0 Å². The summed E-state index contributed by atoms with van der Waals surface area (Å²) in [7, 11) is 0. The molecule has 0 atom stereocenters. The molecule has 0 unspecified atom stereocenters. The van der Waals surface area contributed by atoms with Gasteiger partial charge in [-0.3, -0.25) is 0 Å². The van der Waals surface area contributed by atoms with Gasteiger partial charge in [-0.25, -0.2) is 0 Å². The molecule has 12 nitrogen and oxygen atoms in total. The molecule has 13 heteroatoms. The summed E-state index contributed by atoms with van der Waals surface area (Å²) in [4.78, 5) is 8.25. The van der Waals surface area contributed by atoms with E-state index in [1.165, 1.54) is 0 Å². The Morgan fingerprint density at radius 2 is 0.615 bits per heavy atom. The molecule has 0 saturated heterocycles. The van der Waals surface area contributed by atoms with E-state index < -0.39 is 5.09 Å². The zero-order valence-corrected chi connectivity index (χ0v) is 8.67. The molecule has 0 spiro atoms. The quantitative estimate of drug-likeness (QED) is 0.236. The van der Waals surface area contributed by atoms with Gasteiger partial charge in [0, 0.05) is 0 Å². The maximum atomic E-state index is 8.25. The molecule has 0 aliphatic carbocycles.